The molecule has 1 aliphatic rings. The third kappa shape index (κ3) is 4.09. The van der Waals surface area contributed by atoms with Gasteiger partial charge < -0.3 is 14.4 Å². The number of carbonyl (C=O) groups excluding carboxylic acids is 1. The van der Waals surface area contributed by atoms with E-state index < -0.39 is 0 Å². The monoisotopic (exact) mass is 460 g/mol. The second-order valence-electron chi connectivity index (χ2n) is 8.59. The SMILES string of the molecule is Cc1cc2c(C(=O)N3CCN(c4cccnc4)CC3)c(-c3ccccc3)n(C)c2cc1C.Cl. The number of hydrogen-bond acceptors (Lipinski definition) is 3. The number of hydrogen-bond donors (Lipinski definition) is 0. The van der Waals surface area contributed by atoms with Gasteiger partial charge in [0, 0.05) is 50.3 Å². The van der Waals surface area contributed by atoms with Gasteiger partial charge in [0.25, 0.3) is 5.91 Å². The summed E-state index contributed by atoms with van der Waals surface area (Å²) in [5.74, 6) is 0.114. The molecule has 5 rings (SSSR count). The van der Waals surface area contributed by atoms with Crippen LogP contribution >= 0.6 is 12.4 Å². The van der Waals surface area contributed by atoms with Crippen LogP contribution in [0.4, 0.5) is 5.69 Å². The molecule has 4 aromatic rings. The lowest BCUT2D eigenvalue weighted by atomic mass is 10.0. The zero-order chi connectivity index (χ0) is 22.2. The molecule has 1 saturated heterocycles. The molecule has 0 aliphatic carbocycles. The highest BCUT2D eigenvalue weighted by Gasteiger charge is 2.29. The zero-order valence-electron chi connectivity index (χ0n) is 19.3. The Morgan fingerprint density at radius 3 is 2.27 bits per heavy atom. The van der Waals surface area contributed by atoms with Crippen molar-refractivity contribution < 1.29 is 4.79 Å². The molecule has 0 N–H and O–H groups in total. The third-order valence-corrected chi connectivity index (χ3v) is 6.65. The fourth-order valence-electron chi connectivity index (χ4n) is 4.71. The van der Waals surface area contributed by atoms with E-state index in [0.29, 0.717) is 13.1 Å². The molecule has 2 aromatic carbocycles. The third-order valence-electron chi connectivity index (χ3n) is 6.65. The highest BCUT2D eigenvalue weighted by Crippen LogP contribution is 2.35. The number of aromatic nitrogens is 2. The fourth-order valence-corrected chi connectivity index (χ4v) is 4.71. The van der Waals surface area contributed by atoms with Gasteiger partial charge in [0.1, 0.15) is 0 Å². The van der Waals surface area contributed by atoms with Crippen molar-refractivity contribution in [1.82, 2.24) is 14.5 Å². The predicted octanol–water partition coefficient (Wildman–Crippen LogP) is 5.24. The summed E-state index contributed by atoms with van der Waals surface area (Å²) in [5.41, 5.74) is 7.53. The van der Waals surface area contributed by atoms with E-state index in [1.54, 1.807) is 6.20 Å². The van der Waals surface area contributed by atoms with Crippen LogP contribution in [0.25, 0.3) is 22.2 Å². The van der Waals surface area contributed by atoms with E-state index in [2.05, 4.69) is 65.7 Å². The molecule has 2 aromatic heterocycles. The lowest BCUT2D eigenvalue weighted by Gasteiger charge is -2.36. The van der Waals surface area contributed by atoms with Gasteiger partial charge in [-0.25, -0.2) is 0 Å². The molecule has 1 amide bonds. The van der Waals surface area contributed by atoms with Crippen molar-refractivity contribution in [3.8, 4) is 11.3 Å². The Morgan fingerprint density at radius 1 is 0.909 bits per heavy atom. The number of rotatable bonds is 3. The molecule has 0 unspecified atom stereocenters. The van der Waals surface area contributed by atoms with Gasteiger partial charge in [-0.2, -0.15) is 0 Å². The minimum atomic E-state index is 0. The predicted molar refractivity (Wildman–Crippen MR) is 137 cm³/mol. The van der Waals surface area contributed by atoms with E-state index in [-0.39, 0.29) is 18.3 Å². The number of fused-ring (bicyclic) bond motifs is 1. The molecular formula is C27H29ClN4O. The smallest absolute Gasteiger partial charge is 0.256 e. The molecule has 0 saturated carbocycles. The number of amides is 1. The molecular weight excluding hydrogens is 432 g/mol. The number of benzene rings is 2. The quantitative estimate of drug-likeness (QED) is 0.419. The molecule has 3 heterocycles. The zero-order valence-corrected chi connectivity index (χ0v) is 20.1. The Labute approximate surface area is 201 Å². The van der Waals surface area contributed by atoms with Gasteiger partial charge in [0.15, 0.2) is 0 Å². The average molecular weight is 461 g/mol. The summed E-state index contributed by atoms with van der Waals surface area (Å²) in [6, 6.07) is 18.7. The molecule has 170 valence electrons. The minimum absolute atomic E-state index is 0. The molecule has 0 atom stereocenters. The number of pyridine rings is 1. The Bertz CT molecular complexity index is 1280. The first kappa shape index (κ1) is 22.9. The topological polar surface area (TPSA) is 41.4 Å². The second-order valence-corrected chi connectivity index (χ2v) is 8.59. The summed E-state index contributed by atoms with van der Waals surface area (Å²) >= 11 is 0. The summed E-state index contributed by atoms with van der Waals surface area (Å²) in [6.07, 6.45) is 3.68. The van der Waals surface area contributed by atoms with Crippen molar-refractivity contribution in [3.63, 3.8) is 0 Å². The van der Waals surface area contributed by atoms with Crippen LogP contribution in [0.2, 0.25) is 0 Å². The molecule has 33 heavy (non-hydrogen) atoms. The summed E-state index contributed by atoms with van der Waals surface area (Å²) in [5, 5.41) is 1.04. The highest BCUT2D eigenvalue weighted by molar-refractivity contribution is 6.13. The Balaban J connectivity index is 0.00000259. The molecule has 6 heteroatoms. The van der Waals surface area contributed by atoms with Crippen molar-refractivity contribution in [2.24, 2.45) is 7.05 Å². The first-order valence-corrected chi connectivity index (χ1v) is 11.1. The second kappa shape index (κ2) is 9.28. The lowest BCUT2D eigenvalue weighted by molar-refractivity contribution is 0.0749. The summed E-state index contributed by atoms with van der Waals surface area (Å²) < 4.78 is 2.18. The van der Waals surface area contributed by atoms with E-state index in [9.17, 15) is 4.79 Å². The fraction of sp³-hybridized carbons (Fsp3) is 0.259. The van der Waals surface area contributed by atoms with Gasteiger partial charge in [-0.05, 0) is 54.8 Å². The number of aryl methyl sites for hydroxylation is 3. The van der Waals surface area contributed by atoms with Gasteiger partial charge in [-0.1, -0.05) is 30.3 Å². The van der Waals surface area contributed by atoms with Gasteiger partial charge in [-0.15, -0.1) is 12.4 Å². The summed E-state index contributed by atoms with van der Waals surface area (Å²) in [7, 11) is 2.07. The summed E-state index contributed by atoms with van der Waals surface area (Å²) in [4.78, 5) is 22.5. The van der Waals surface area contributed by atoms with Gasteiger partial charge in [-0.3, -0.25) is 9.78 Å². The van der Waals surface area contributed by atoms with E-state index in [1.807, 2.05) is 35.4 Å². The van der Waals surface area contributed by atoms with Crippen LogP contribution < -0.4 is 4.90 Å². The lowest BCUT2D eigenvalue weighted by Crippen LogP contribution is -2.48. The Kier molecular flexibility index (Phi) is 6.43. The Hall–Kier alpha value is -3.31. The van der Waals surface area contributed by atoms with Crippen LogP contribution in [-0.2, 0) is 7.05 Å². The van der Waals surface area contributed by atoms with Crippen molar-refractivity contribution >= 4 is 34.9 Å². The maximum Gasteiger partial charge on any atom is 0.256 e. The van der Waals surface area contributed by atoms with E-state index in [0.717, 1.165) is 46.5 Å². The van der Waals surface area contributed by atoms with E-state index in [4.69, 9.17) is 0 Å². The van der Waals surface area contributed by atoms with Crippen LogP contribution in [0.5, 0.6) is 0 Å². The molecule has 1 aliphatic heterocycles. The number of carbonyl (C=O) groups is 1. The molecule has 0 spiro atoms. The van der Waals surface area contributed by atoms with Crippen LogP contribution in [-0.4, -0.2) is 46.5 Å². The Morgan fingerprint density at radius 2 is 1.61 bits per heavy atom. The minimum Gasteiger partial charge on any atom is -0.367 e. The first-order chi connectivity index (χ1) is 15.5. The van der Waals surface area contributed by atoms with E-state index in [1.165, 1.54) is 11.1 Å². The van der Waals surface area contributed by atoms with Crippen molar-refractivity contribution in [2.45, 2.75) is 13.8 Å². The number of halogens is 1. The maximum absolute atomic E-state index is 13.9. The largest absolute Gasteiger partial charge is 0.367 e. The number of nitrogens with zero attached hydrogens (tertiary/aromatic N) is 4. The maximum atomic E-state index is 13.9. The van der Waals surface area contributed by atoms with Gasteiger partial charge in [0.05, 0.1) is 23.1 Å². The van der Waals surface area contributed by atoms with Crippen LogP contribution in [0, 0.1) is 13.8 Å². The molecule has 0 radical (unpaired) electrons. The summed E-state index contributed by atoms with van der Waals surface area (Å²) in [6.45, 7) is 7.25. The van der Waals surface area contributed by atoms with Crippen molar-refractivity contribution in [2.75, 3.05) is 31.1 Å². The number of piperazine rings is 1. The molecule has 5 nitrogen and oxygen atoms in total. The molecule has 0 bridgehead atoms. The van der Waals surface area contributed by atoms with Crippen molar-refractivity contribution in [1.29, 1.82) is 0 Å². The van der Waals surface area contributed by atoms with Crippen LogP contribution in [0.3, 0.4) is 0 Å². The van der Waals surface area contributed by atoms with E-state index >= 15 is 0 Å². The van der Waals surface area contributed by atoms with Crippen molar-refractivity contribution in [3.05, 3.63) is 83.7 Å². The normalized spacial score (nSPS) is 13.8. The standard InChI is InChI=1S/C27H28N4O.ClH/c1-19-16-23-24(17-20(19)2)29(3)26(21-8-5-4-6-9-21)25(23)27(32)31-14-12-30(13-15-31)22-10-7-11-28-18-22;/h4-11,16-18H,12-15H2,1-3H3;1H. The number of anilines is 1. The van der Waals surface area contributed by atoms with Gasteiger partial charge >= 0.3 is 0 Å². The molecule has 1 fully saturated rings. The highest BCUT2D eigenvalue weighted by atomic mass is 35.5. The van der Waals surface area contributed by atoms with Crippen LogP contribution in [0.15, 0.2) is 67.0 Å². The van der Waals surface area contributed by atoms with Gasteiger partial charge in [0.2, 0.25) is 0 Å². The first-order valence-electron chi connectivity index (χ1n) is 11.1. The van der Waals surface area contributed by atoms with Crippen LogP contribution in [0.1, 0.15) is 21.5 Å². The average Bonchev–Trinajstić information content (AvgIpc) is 3.11.